The zero-order valence-corrected chi connectivity index (χ0v) is 19.8. The zero-order chi connectivity index (χ0) is 22.3. The van der Waals surface area contributed by atoms with Crippen molar-refractivity contribution in [1.82, 2.24) is 25.0 Å². The number of guanidine groups is 1. The number of hydrogen-bond acceptors (Lipinski definition) is 5. The van der Waals surface area contributed by atoms with Crippen LogP contribution in [0.4, 0.5) is 5.69 Å². The molecule has 1 unspecified atom stereocenters. The van der Waals surface area contributed by atoms with Crippen LogP contribution in [0.2, 0.25) is 0 Å². The Morgan fingerprint density at radius 3 is 2.81 bits per heavy atom. The van der Waals surface area contributed by atoms with Crippen molar-refractivity contribution in [3.8, 4) is 0 Å². The number of benzene rings is 1. The molecule has 1 aromatic carbocycles. The number of aliphatic imine (C=N–C) groups is 1. The lowest BCUT2D eigenvalue weighted by atomic mass is 10.1. The molecule has 174 valence electrons. The first-order valence-corrected chi connectivity index (χ1v) is 11.9. The number of hydrogen-bond donors (Lipinski definition) is 1. The van der Waals surface area contributed by atoms with Crippen molar-refractivity contribution in [2.45, 2.75) is 40.2 Å². The number of nitrogens with one attached hydrogen (secondary N) is 1. The van der Waals surface area contributed by atoms with Crippen LogP contribution in [0.15, 0.2) is 29.5 Å². The summed E-state index contributed by atoms with van der Waals surface area (Å²) in [6.45, 7) is 14.6. The predicted molar refractivity (Wildman–Crippen MR) is 128 cm³/mol. The van der Waals surface area contributed by atoms with Gasteiger partial charge in [-0.15, -0.1) is 10.2 Å². The highest BCUT2D eigenvalue weighted by Crippen LogP contribution is 2.24. The van der Waals surface area contributed by atoms with Crippen LogP contribution in [0.3, 0.4) is 0 Å². The first-order valence-electron chi connectivity index (χ1n) is 11.9. The fourth-order valence-corrected chi connectivity index (χ4v) is 4.48. The Bertz CT molecular complexity index is 896. The molecule has 4 rings (SSSR count). The summed E-state index contributed by atoms with van der Waals surface area (Å²) >= 11 is 0. The highest BCUT2D eigenvalue weighted by atomic mass is 16.5. The first-order chi connectivity index (χ1) is 15.7. The number of ether oxygens (including phenoxy) is 1. The van der Waals surface area contributed by atoms with Crippen molar-refractivity contribution >= 4 is 11.6 Å². The van der Waals surface area contributed by atoms with Crippen molar-refractivity contribution < 1.29 is 4.74 Å². The molecule has 0 spiro atoms. The summed E-state index contributed by atoms with van der Waals surface area (Å²) in [5.41, 5.74) is 4.10. The largest absolute Gasteiger partial charge is 0.381 e. The first kappa shape index (κ1) is 22.6. The van der Waals surface area contributed by atoms with Crippen molar-refractivity contribution in [2.24, 2.45) is 10.9 Å². The van der Waals surface area contributed by atoms with Gasteiger partial charge in [-0.1, -0.05) is 19.1 Å². The van der Waals surface area contributed by atoms with E-state index in [1.807, 2.05) is 6.33 Å². The lowest BCUT2D eigenvalue weighted by Crippen LogP contribution is -2.53. The molecule has 0 amide bonds. The lowest BCUT2D eigenvalue weighted by molar-refractivity contribution is 0.187. The zero-order valence-electron chi connectivity index (χ0n) is 19.8. The van der Waals surface area contributed by atoms with Gasteiger partial charge in [0, 0.05) is 70.4 Å². The molecule has 1 atom stereocenters. The molecular weight excluding hydrogens is 402 g/mol. The van der Waals surface area contributed by atoms with Gasteiger partial charge >= 0.3 is 0 Å². The van der Waals surface area contributed by atoms with Gasteiger partial charge in [-0.3, -0.25) is 4.99 Å². The van der Waals surface area contributed by atoms with Gasteiger partial charge in [0.2, 0.25) is 0 Å². The van der Waals surface area contributed by atoms with Crippen molar-refractivity contribution in [1.29, 1.82) is 0 Å². The SMILES string of the molecule is CCc1nncn1CCNC(=NCC1CCOC1)N1CCN(c2cccc(C)c2C)CC1. The third-order valence-corrected chi connectivity index (χ3v) is 6.67. The lowest BCUT2D eigenvalue weighted by Gasteiger charge is -2.38. The molecule has 2 aliphatic rings. The highest BCUT2D eigenvalue weighted by Gasteiger charge is 2.22. The molecule has 1 N–H and O–H groups in total. The highest BCUT2D eigenvalue weighted by molar-refractivity contribution is 5.80. The van der Waals surface area contributed by atoms with Crippen LogP contribution in [0.25, 0.3) is 0 Å². The number of aryl methyl sites for hydroxylation is 2. The van der Waals surface area contributed by atoms with Crippen LogP contribution >= 0.6 is 0 Å². The second kappa shape index (κ2) is 10.8. The Morgan fingerprint density at radius 2 is 2.06 bits per heavy atom. The average Bonchev–Trinajstić information content (AvgIpc) is 3.50. The monoisotopic (exact) mass is 439 g/mol. The molecule has 32 heavy (non-hydrogen) atoms. The van der Waals surface area contributed by atoms with E-state index in [-0.39, 0.29) is 0 Å². The average molecular weight is 440 g/mol. The van der Waals surface area contributed by atoms with E-state index < -0.39 is 0 Å². The van der Waals surface area contributed by atoms with Gasteiger partial charge in [0.15, 0.2) is 5.96 Å². The third-order valence-electron chi connectivity index (χ3n) is 6.67. The quantitative estimate of drug-likeness (QED) is 0.527. The number of piperazine rings is 1. The van der Waals surface area contributed by atoms with Crippen LogP contribution in [-0.4, -0.2) is 78.1 Å². The smallest absolute Gasteiger partial charge is 0.194 e. The van der Waals surface area contributed by atoms with Gasteiger partial charge in [0.25, 0.3) is 0 Å². The van der Waals surface area contributed by atoms with Gasteiger partial charge in [0.1, 0.15) is 12.2 Å². The van der Waals surface area contributed by atoms with Crippen LogP contribution < -0.4 is 10.2 Å². The molecular formula is C24H37N7O. The van der Waals surface area contributed by atoms with Crippen molar-refractivity contribution in [3.63, 3.8) is 0 Å². The molecule has 0 saturated carbocycles. The molecule has 0 bridgehead atoms. The fourth-order valence-electron chi connectivity index (χ4n) is 4.48. The number of nitrogens with zero attached hydrogens (tertiary/aromatic N) is 6. The molecule has 8 nitrogen and oxygen atoms in total. The van der Waals surface area contributed by atoms with E-state index in [1.54, 1.807) is 0 Å². The predicted octanol–water partition coefficient (Wildman–Crippen LogP) is 2.26. The van der Waals surface area contributed by atoms with E-state index in [4.69, 9.17) is 9.73 Å². The van der Waals surface area contributed by atoms with E-state index in [0.717, 1.165) is 83.7 Å². The second-order valence-electron chi connectivity index (χ2n) is 8.81. The Kier molecular flexibility index (Phi) is 7.63. The Balaban J connectivity index is 1.38. The Morgan fingerprint density at radius 1 is 1.22 bits per heavy atom. The standard InChI is InChI=1S/C24H37N7O/c1-4-23-28-27-18-31(23)10-9-25-24(26-16-21-8-15-32-17-21)30-13-11-29(12-14-30)22-7-5-6-19(2)20(22)3/h5-7,18,21H,4,8-17H2,1-3H3,(H,25,26). The van der Waals surface area contributed by atoms with E-state index in [1.165, 1.54) is 16.8 Å². The molecule has 2 fully saturated rings. The van der Waals surface area contributed by atoms with Crippen molar-refractivity contribution in [2.75, 3.05) is 57.4 Å². The van der Waals surface area contributed by atoms with E-state index >= 15 is 0 Å². The minimum Gasteiger partial charge on any atom is -0.381 e. The molecule has 2 aliphatic heterocycles. The van der Waals surface area contributed by atoms with Gasteiger partial charge < -0.3 is 24.4 Å². The number of rotatable bonds is 7. The number of aromatic nitrogens is 3. The van der Waals surface area contributed by atoms with E-state index in [0.29, 0.717) is 5.92 Å². The maximum atomic E-state index is 5.55. The molecule has 2 aromatic rings. The Labute approximate surface area is 191 Å². The third kappa shape index (κ3) is 5.41. The summed E-state index contributed by atoms with van der Waals surface area (Å²) in [5.74, 6) is 2.58. The molecule has 0 radical (unpaired) electrons. The minimum atomic E-state index is 0.535. The summed E-state index contributed by atoms with van der Waals surface area (Å²) in [6, 6.07) is 6.60. The fraction of sp³-hybridized carbons (Fsp3) is 0.625. The molecule has 1 aromatic heterocycles. The second-order valence-corrected chi connectivity index (χ2v) is 8.81. The topological polar surface area (TPSA) is 70.8 Å². The maximum Gasteiger partial charge on any atom is 0.194 e. The van der Waals surface area contributed by atoms with Crippen molar-refractivity contribution in [3.05, 3.63) is 41.5 Å². The maximum absolute atomic E-state index is 5.55. The molecule has 3 heterocycles. The van der Waals surface area contributed by atoms with Gasteiger partial charge in [0.05, 0.1) is 6.61 Å². The van der Waals surface area contributed by atoms with Crippen LogP contribution in [0.1, 0.15) is 30.3 Å². The number of anilines is 1. The van der Waals surface area contributed by atoms with Crippen LogP contribution in [0, 0.1) is 19.8 Å². The summed E-state index contributed by atoms with van der Waals surface area (Å²) in [7, 11) is 0. The van der Waals surface area contributed by atoms with E-state index in [9.17, 15) is 0 Å². The van der Waals surface area contributed by atoms with Crippen LogP contribution in [-0.2, 0) is 17.7 Å². The normalized spacial score (nSPS) is 19.6. The van der Waals surface area contributed by atoms with Gasteiger partial charge in [-0.05, 0) is 37.5 Å². The van der Waals surface area contributed by atoms with Gasteiger partial charge in [-0.2, -0.15) is 0 Å². The molecule has 2 saturated heterocycles. The molecule has 0 aliphatic carbocycles. The summed E-state index contributed by atoms with van der Waals surface area (Å²) in [4.78, 5) is 9.93. The van der Waals surface area contributed by atoms with Gasteiger partial charge in [-0.25, -0.2) is 0 Å². The van der Waals surface area contributed by atoms with Crippen LogP contribution in [0.5, 0.6) is 0 Å². The summed E-state index contributed by atoms with van der Waals surface area (Å²) in [6.07, 6.45) is 3.82. The minimum absolute atomic E-state index is 0.535. The Hall–Kier alpha value is -2.61. The molecule has 8 heteroatoms. The summed E-state index contributed by atoms with van der Waals surface area (Å²) in [5, 5.41) is 11.8. The van der Waals surface area contributed by atoms with E-state index in [2.05, 4.69) is 68.9 Å². The summed E-state index contributed by atoms with van der Waals surface area (Å²) < 4.78 is 7.67.